The Morgan fingerprint density at radius 1 is 1.07 bits per heavy atom. The molecule has 0 aliphatic rings. The first-order chi connectivity index (χ1) is 14.0. The standard InChI is InChI=1S/C17H12F4N4O3S2/c18-11-4-6-12(7-5-11)23-15(26)16-25-24-14(29-16)9-22-30(27,28)13-3-1-2-10(8-13)17(19,20)21/h1-8,22H,9H2,(H,23,26). The summed E-state index contributed by atoms with van der Waals surface area (Å²) in [5, 5.41) is 9.85. The van der Waals surface area contributed by atoms with Gasteiger partial charge in [0.2, 0.25) is 15.0 Å². The van der Waals surface area contributed by atoms with Crippen molar-refractivity contribution in [1.82, 2.24) is 14.9 Å². The first-order valence-corrected chi connectivity index (χ1v) is 10.4. The van der Waals surface area contributed by atoms with Gasteiger partial charge in [0, 0.05) is 5.69 Å². The molecule has 0 fully saturated rings. The lowest BCUT2D eigenvalue weighted by atomic mass is 10.2. The summed E-state index contributed by atoms with van der Waals surface area (Å²) in [6.07, 6.45) is -4.68. The molecule has 2 N–H and O–H groups in total. The van der Waals surface area contributed by atoms with Crippen LogP contribution >= 0.6 is 11.3 Å². The van der Waals surface area contributed by atoms with Gasteiger partial charge in [0.05, 0.1) is 17.0 Å². The molecule has 0 saturated heterocycles. The van der Waals surface area contributed by atoms with E-state index in [0.29, 0.717) is 11.8 Å². The van der Waals surface area contributed by atoms with Crippen molar-refractivity contribution < 1.29 is 30.8 Å². The topological polar surface area (TPSA) is 101 Å². The van der Waals surface area contributed by atoms with E-state index in [-0.39, 0.29) is 16.6 Å². The third-order valence-electron chi connectivity index (χ3n) is 3.65. The minimum absolute atomic E-state index is 0.0763. The van der Waals surface area contributed by atoms with Gasteiger partial charge < -0.3 is 5.32 Å². The van der Waals surface area contributed by atoms with Crippen LogP contribution in [0.2, 0.25) is 0 Å². The normalized spacial score (nSPS) is 12.0. The fourth-order valence-corrected chi connectivity index (χ4v) is 4.01. The van der Waals surface area contributed by atoms with Gasteiger partial charge in [-0.1, -0.05) is 17.4 Å². The molecular formula is C17H12F4N4O3S2. The summed E-state index contributed by atoms with van der Waals surface area (Å²) >= 11 is 0.791. The van der Waals surface area contributed by atoms with Gasteiger partial charge in [-0.05, 0) is 42.5 Å². The molecule has 158 valence electrons. The van der Waals surface area contributed by atoms with Crippen molar-refractivity contribution in [2.24, 2.45) is 0 Å². The number of halogens is 4. The molecule has 0 aliphatic heterocycles. The molecule has 3 rings (SSSR count). The van der Waals surface area contributed by atoms with Crippen molar-refractivity contribution in [2.45, 2.75) is 17.6 Å². The third kappa shape index (κ3) is 5.37. The van der Waals surface area contributed by atoms with Crippen LogP contribution in [0.25, 0.3) is 0 Å². The summed E-state index contributed by atoms with van der Waals surface area (Å²) in [5.41, 5.74) is -0.774. The smallest absolute Gasteiger partial charge is 0.320 e. The first kappa shape index (κ1) is 21.8. The van der Waals surface area contributed by atoms with E-state index in [9.17, 15) is 30.8 Å². The van der Waals surface area contributed by atoms with E-state index in [1.165, 1.54) is 12.1 Å². The average Bonchev–Trinajstić information content (AvgIpc) is 3.17. The maximum absolute atomic E-state index is 12.9. The van der Waals surface area contributed by atoms with Gasteiger partial charge in [0.25, 0.3) is 5.91 Å². The molecule has 2 aromatic carbocycles. The molecule has 0 saturated carbocycles. The van der Waals surface area contributed by atoms with Gasteiger partial charge in [0.15, 0.2) is 0 Å². The van der Waals surface area contributed by atoms with Gasteiger partial charge >= 0.3 is 6.18 Å². The second kappa shape index (κ2) is 8.45. The highest BCUT2D eigenvalue weighted by molar-refractivity contribution is 7.89. The minimum atomic E-state index is -4.68. The lowest BCUT2D eigenvalue weighted by Crippen LogP contribution is -2.23. The van der Waals surface area contributed by atoms with Crippen LogP contribution in [0.5, 0.6) is 0 Å². The van der Waals surface area contributed by atoms with Crippen LogP contribution in [-0.4, -0.2) is 24.5 Å². The fraction of sp³-hybridized carbons (Fsp3) is 0.118. The molecule has 1 aromatic heterocycles. The number of hydrogen-bond acceptors (Lipinski definition) is 6. The molecule has 0 spiro atoms. The summed E-state index contributed by atoms with van der Waals surface area (Å²) in [7, 11) is -4.25. The van der Waals surface area contributed by atoms with Crippen LogP contribution in [0.4, 0.5) is 23.2 Å². The molecule has 3 aromatic rings. The summed E-state index contributed by atoms with van der Waals surface area (Å²) in [5.74, 6) is -1.11. The quantitative estimate of drug-likeness (QED) is 0.549. The minimum Gasteiger partial charge on any atom is -0.320 e. The van der Waals surface area contributed by atoms with Gasteiger partial charge in [-0.15, -0.1) is 10.2 Å². The van der Waals surface area contributed by atoms with Crippen molar-refractivity contribution in [3.05, 3.63) is 69.9 Å². The van der Waals surface area contributed by atoms with Crippen LogP contribution in [0.1, 0.15) is 20.4 Å². The highest BCUT2D eigenvalue weighted by Crippen LogP contribution is 2.30. The Balaban J connectivity index is 1.66. The number of carbonyl (C=O) groups excluding carboxylic acids is 1. The van der Waals surface area contributed by atoms with Crippen molar-refractivity contribution in [3.63, 3.8) is 0 Å². The largest absolute Gasteiger partial charge is 0.416 e. The van der Waals surface area contributed by atoms with E-state index in [2.05, 4.69) is 20.2 Å². The van der Waals surface area contributed by atoms with Gasteiger partial charge in [-0.3, -0.25) is 4.79 Å². The zero-order valence-electron chi connectivity index (χ0n) is 14.8. The third-order valence-corrected chi connectivity index (χ3v) is 5.97. The maximum Gasteiger partial charge on any atom is 0.416 e. The molecule has 7 nitrogen and oxygen atoms in total. The van der Waals surface area contributed by atoms with Crippen LogP contribution in [0.3, 0.4) is 0 Å². The van der Waals surface area contributed by atoms with E-state index in [1.54, 1.807) is 0 Å². The number of benzene rings is 2. The molecular weight excluding hydrogens is 448 g/mol. The number of hydrogen-bond donors (Lipinski definition) is 2. The highest BCUT2D eigenvalue weighted by Gasteiger charge is 2.31. The molecule has 0 atom stereocenters. The molecule has 13 heteroatoms. The molecule has 0 radical (unpaired) electrons. The van der Waals surface area contributed by atoms with Crippen LogP contribution < -0.4 is 10.0 Å². The number of sulfonamides is 1. The van der Waals surface area contributed by atoms with Crippen LogP contribution in [0.15, 0.2) is 53.4 Å². The number of rotatable bonds is 6. The van der Waals surface area contributed by atoms with E-state index in [4.69, 9.17) is 0 Å². The number of alkyl halides is 3. The second-order valence-electron chi connectivity index (χ2n) is 5.81. The summed E-state index contributed by atoms with van der Waals surface area (Å²) < 4.78 is 77.9. The summed E-state index contributed by atoms with van der Waals surface area (Å²) in [4.78, 5) is 11.6. The first-order valence-electron chi connectivity index (χ1n) is 8.11. The van der Waals surface area contributed by atoms with Gasteiger partial charge in [-0.2, -0.15) is 13.2 Å². The monoisotopic (exact) mass is 460 g/mol. The predicted octanol–water partition coefficient (Wildman–Crippen LogP) is 3.43. The number of nitrogens with zero attached hydrogens (tertiary/aromatic N) is 2. The summed E-state index contributed by atoms with van der Waals surface area (Å²) in [6, 6.07) is 8.30. The summed E-state index contributed by atoms with van der Waals surface area (Å²) in [6.45, 7) is -0.375. The number of amides is 1. The number of carbonyl (C=O) groups is 1. The van der Waals surface area contributed by atoms with E-state index in [0.717, 1.165) is 41.7 Å². The Bertz CT molecular complexity index is 1160. The Kier molecular flexibility index (Phi) is 6.14. The molecule has 1 amide bonds. The lowest BCUT2D eigenvalue weighted by Gasteiger charge is -2.09. The Labute approximate surface area is 171 Å². The lowest BCUT2D eigenvalue weighted by molar-refractivity contribution is -0.137. The van der Waals surface area contributed by atoms with Crippen LogP contribution in [-0.2, 0) is 22.7 Å². The number of anilines is 1. The molecule has 0 bridgehead atoms. The predicted molar refractivity (Wildman–Crippen MR) is 99.7 cm³/mol. The molecule has 0 aliphatic carbocycles. The fourth-order valence-electron chi connectivity index (χ4n) is 2.21. The van der Waals surface area contributed by atoms with Crippen molar-refractivity contribution in [3.8, 4) is 0 Å². The molecule has 1 heterocycles. The van der Waals surface area contributed by atoms with Crippen molar-refractivity contribution >= 4 is 33.0 Å². The Morgan fingerprint density at radius 3 is 2.43 bits per heavy atom. The highest BCUT2D eigenvalue weighted by atomic mass is 32.2. The van der Waals surface area contributed by atoms with Crippen LogP contribution in [0, 0.1) is 5.82 Å². The van der Waals surface area contributed by atoms with E-state index < -0.39 is 38.4 Å². The number of aromatic nitrogens is 2. The van der Waals surface area contributed by atoms with Crippen molar-refractivity contribution in [1.29, 1.82) is 0 Å². The Morgan fingerprint density at radius 2 is 1.77 bits per heavy atom. The Hall–Kier alpha value is -2.90. The number of nitrogens with one attached hydrogen (secondary N) is 2. The second-order valence-corrected chi connectivity index (χ2v) is 8.64. The van der Waals surface area contributed by atoms with Gasteiger partial charge in [0.1, 0.15) is 10.8 Å². The zero-order valence-corrected chi connectivity index (χ0v) is 16.4. The van der Waals surface area contributed by atoms with E-state index in [1.807, 2.05) is 0 Å². The van der Waals surface area contributed by atoms with Gasteiger partial charge in [-0.25, -0.2) is 17.5 Å². The zero-order chi connectivity index (χ0) is 21.9. The van der Waals surface area contributed by atoms with E-state index >= 15 is 0 Å². The maximum atomic E-state index is 12.9. The molecule has 0 unspecified atom stereocenters. The SMILES string of the molecule is O=C(Nc1ccc(F)cc1)c1nnc(CNS(=O)(=O)c2cccc(C(F)(F)F)c2)s1. The average molecular weight is 460 g/mol. The molecule has 30 heavy (non-hydrogen) atoms. The van der Waals surface area contributed by atoms with Crippen molar-refractivity contribution in [2.75, 3.05) is 5.32 Å².